The lowest BCUT2D eigenvalue weighted by Gasteiger charge is -2.21. The highest BCUT2D eigenvalue weighted by molar-refractivity contribution is 7.92. The van der Waals surface area contributed by atoms with Crippen LogP contribution in [0.15, 0.2) is 230 Å². The highest BCUT2D eigenvalue weighted by Crippen LogP contribution is 2.53. The van der Waals surface area contributed by atoms with E-state index in [1.54, 1.807) is 48.5 Å². The zero-order chi connectivity index (χ0) is 50.9. The van der Waals surface area contributed by atoms with Gasteiger partial charge >= 0.3 is 0 Å². The van der Waals surface area contributed by atoms with Crippen LogP contribution in [0.4, 0.5) is 0 Å². The predicted molar refractivity (Wildman–Crippen MR) is 301 cm³/mol. The van der Waals surface area contributed by atoms with Crippen molar-refractivity contribution < 1.29 is 21.3 Å². The lowest BCUT2D eigenvalue weighted by molar-refractivity contribution is 0.589. The number of furan rings is 1. The van der Waals surface area contributed by atoms with Crippen LogP contribution in [0.5, 0.6) is 0 Å². The summed E-state index contributed by atoms with van der Waals surface area (Å²) in [5.41, 5.74) is 15.7. The van der Waals surface area contributed by atoms with Crippen LogP contribution in [0.2, 0.25) is 0 Å². The van der Waals surface area contributed by atoms with Crippen LogP contribution in [0.1, 0.15) is 49.9 Å². The van der Waals surface area contributed by atoms with E-state index < -0.39 is 19.7 Å². The molecule has 0 amide bonds. The van der Waals surface area contributed by atoms with Gasteiger partial charge in [0.1, 0.15) is 9.79 Å². The molecule has 0 N–H and O–H groups in total. The molecular formula is C66H46N2O5S2. The Morgan fingerprint density at radius 3 is 1.13 bits per heavy atom. The average Bonchev–Trinajstić information content (AvgIpc) is 4.19. The van der Waals surface area contributed by atoms with Gasteiger partial charge in [-0.25, -0.2) is 16.8 Å². The van der Waals surface area contributed by atoms with Gasteiger partial charge < -0.3 is 13.6 Å². The minimum absolute atomic E-state index is 0.0463. The van der Waals surface area contributed by atoms with Crippen molar-refractivity contribution >= 4 is 85.2 Å². The number of rotatable bonds is 6. The maximum absolute atomic E-state index is 14.8. The smallest absolute Gasteiger partial charge is 0.210 e. The van der Waals surface area contributed by atoms with Crippen LogP contribution in [-0.2, 0) is 30.5 Å². The van der Waals surface area contributed by atoms with Crippen LogP contribution in [0.3, 0.4) is 0 Å². The van der Waals surface area contributed by atoms with Gasteiger partial charge in [-0.1, -0.05) is 137 Å². The van der Waals surface area contributed by atoms with Crippen molar-refractivity contribution in [3.63, 3.8) is 0 Å². The number of hydrogen-bond acceptors (Lipinski definition) is 5. The van der Waals surface area contributed by atoms with Crippen LogP contribution >= 0.6 is 0 Å². The molecule has 15 rings (SSSR count). The summed E-state index contributed by atoms with van der Waals surface area (Å²) < 4.78 is 70.1. The van der Waals surface area contributed by atoms with E-state index in [1.807, 2.05) is 36.4 Å². The van der Waals surface area contributed by atoms with Gasteiger partial charge in [-0.05, 0) is 142 Å². The molecule has 9 heteroatoms. The zero-order valence-corrected chi connectivity index (χ0v) is 43.0. The molecule has 0 saturated carbocycles. The molecule has 0 atom stereocenters. The Hall–Kier alpha value is -8.50. The van der Waals surface area contributed by atoms with Gasteiger partial charge in [0.25, 0.3) is 0 Å². The van der Waals surface area contributed by atoms with Crippen molar-refractivity contribution in [1.82, 2.24) is 9.13 Å². The van der Waals surface area contributed by atoms with Crippen molar-refractivity contribution in [2.75, 3.05) is 0 Å². The largest absolute Gasteiger partial charge is 0.453 e. The van der Waals surface area contributed by atoms with Gasteiger partial charge in [0, 0.05) is 54.5 Å². The molecule has 13 aromatic rings. The van der Waals surface area contributed by atoms with Crippen molar-refractivity contribution in [1.29, 1.82) is 0 Å². The van der Waals surface area contributed by atoms with Gasteiger partial charge in [-0.2, -0.15) is 0 Å². The summed E-state index contributed by atoms with van der Waals surface area (Å²) in [6.07, 6.45) is 0. The second kappa shape index (κ2) is 15.1. The highest BCUT2D eigenvalue weighted by atomic mass is 32.2. The van der Waals surface area contributed by atoms with E-state index in [1.165, 1.54) is 56.6 Å². The quantitative estimate of drug-likeness (QED) is 0.165. The molecule has 75 heavy (non-hydrogen) atoms. The fraction of sp³-hybridized carbons (Fsp3) is 0.0909. The number of sulfone groups is 2. The van der Waals surface area contributed by atoms with Gasteiger partial charge in [0.2, 0.25) is 19.7 Å². The first-order valence-electron chi connectivity index (χ1n) is 25.2. The minimum atomic E-state index is -4.17. The third kappa shape index (κ3) is 5.90. The summed E-state index contributed by atoms with van der Waals surface area (Å²) in [5.74, 6) is 0. The molecule has 3 heterocycles. The van der Waals surface area contributed by atoms with Gasteiger partial charge in [0.15, 0.2) is 11.2 Å². The first-order valence-corrected chi connectivity index (χ1v) is 28.2. The molecule has 10 aromatic carbocycles. The first-order chi connectivity index (χ1) is 36.2. The Bertz CT molecular complexity index is 4590. The predicted octanol–water partition coefficient (Wildman–Crippen LogP) is 16.1. The number of benzene rings is 10. The van der Waals surface area contributed by atoms with Gasteiger partial charge in [-0.3, -0.25) is 0 Å². The number of nitrogens with zero attached hydrogens (tertiary/aromatic N) is 2. The summed E-state index contributed by atoms with van der Waals surface area (Å²) in [6, 6.07) is 67.1. The van der Waals surface area contributed by atoms with E-state index in [4.69, 9.17) is 4.42 Å². The summed E-state index contributed by atoms with van der Waals surface area (Å²) >= 11 is 0. The Morgan fingerprint density at radius 2 is 0.707 bits per heavy atom. The summed E-state index contributed by atoms with van der Waals surface area (Å²) in [5, 5.41) is 5.48. The number of para-hydroxylation sites is 4. The topological polar surface area (TPSA) is 91.3 Å². The molecular weight excluding hydrogens is 965 g/mol. The van der Waals surface area contributed by atoms with E-state index in [-0.39, 0.29) is 41.6 Å². The molecule has 362 valence electrons. The van der Waals surface area contributed by atoms with Crippen molar-refractivity contribution in [3.8, 4) is 33.6 Å². The SMILES string of the molecule is CC1(C)c2ccccc2-c2cc3c4ccccc4n(-c4ccc(S(=O)(=O)c5cccc6c5oc5c(S(=O)(=O)c7ccc(-n8c9ccccc9c9cc%10c(cc98)C(C)(C)c8ccccc8-%10)cc7)cccc56)cc4)c3cc21. The molecule has 2 aliphatic rings. The van der Waals surface area contributed by atoms with E-state index in [9.17, 15) is 16.8 Å². The number of aromatic nitrogens is 2. The Labute approximate surface area is 433 Å². The average molecular weight is 1010 g/mol. The molecule has 0 fully saturated rings. The highest BCUT2D eigenvalue weighted by Gasteiger charge is 2.38. The van der Waals surface area contributed by atoms with E-state index >= 15 is 0 Å². The molecule has 7 nitrogen and oxygen atoms in total. The van der Waals surface area contributed by atoms with Crippen molar-refractivity contribution in [3.05, 3.63) is 229 Å². The maximum atomic E-state index is 14.8. The minimum Gasteiger partial charge on any atom is -0.453 e. The van der Waals surface area contributed by atoms with Crippen LogP contribution < -0.4 is 0 Å². The maximum Gasteiger partial charge on any atom is 0.210 e. The van der Waals surface area contributed by atoms with Crippen LogP contribution in [0.25, 0.3) is 99.2 Å². The fourth-order valence-electron chi connectivity index (χ4n) is 12.9. The molecule has 0 saturated heterocycles. The monoisotopic (exact) mass is 1010 g/mol. The summed E-state index contributed by atoms with van der Waals surface area (Å²) in [7, 11) is -8.35. The number of hydrogen-bond donors (Lipinski definition) is 0. The number of fused-ring (bicyclic) bond motifs is 15. The second-order valence-electron chi connectivity index (χ2n) is 21.2. The fourth-order valence-corrected chi connectivity index (χ4v) is 15.7. The first kappa shape index (κ1) is 44.0. The molecule has 3 aromatic heterocycles. The van der Waals surface area contributed by atoms with E-state index in [2.05, 4.69) is 146 Å². The Balaban J connectivity index is 0.793. The molecule has 0 bridgehead atoms. The van der Waals surface area contributed by atoms with Crippen LogP contribution in [0, 0.1) is 0 Å². The van der Waals surface area contributed by atoms with Gasteiger partial charge in [-0.15, -0.1) is 0 Å². The Kier molecular flexibility index (Phi) is 8.84. The zero-order valence-electron chi connectivity index (χ0n) is 41.4. The molecule has 0 spiro atoms. The standard InChI is InChI=1S/C66H46N2O5S2/c1-65(2)53-21-9-5-15-43(53)49-35-51-45-17-7-11-23-57(45)67(59(51)37-55(49)65)39-27-31-41(32-28-39)74(69,70)61-25-13-19-47-48-20-14-26-62(64(48)73-63(47)61)75(71,72)42-33-29-40(30-34-42)68-58-24-12-8-18-46(58)52-36-50-44-16-6-10-22-54(44)66(3,4)56(50)38-60(52)68/h5-38H,1-4H3. The molecule has 0 radical (unpaired) electrons. The third-order valence-corrected chi connectivity index (χ3v) is 20.2. The van der Waals surface area contributed by atoms with Crippen LogP contribution in [-0.4, -0.2) is 26.0 Å². The van der Waals surface area contributed by atoms with E-state index in [0.717, 1.165) is 55.0 Å². The lowest BCUT2D eigenvalue weighted by atomic mass is 9.82. The lowest BCUT2D eigenvalue weighted by Crippen LogP contribution is -2.15. The van der Waals surface area contributed by atoms with E-state index in [0.29, 0.717) is 10.8 Å². The van der Waals surface area contributed by atoms with Crippen molar-refractivity contribution in [2.45, 2.75) is 58.1 Å². The second-order valence-corrected chi connectivity index (χ2v) is 25.1. The molecule has 0 aliphatic heterocycles. The Morgan fingerprint density at radius 1 is 0.333 bits per heavy atom. The third-order valence-electron chi connectivity index (χ3n) is 16.6. The van der Waals surface area contributed by atoms with Gasteiger partial charge in [0.05, 0.1) is 31.9 Å². The molecule has 0 unspecified atom stereocenters. The normalized spacial score (nSPS) is 14.6. The van der Waals surface area contributed by atoms with Crippen molar-refractivity contribution in [2.24, 2.45) is 0 Å². The summed E-state index contributed by atoms with van der Waals surface area (Å²) in [4.78, 5) is 0.0866. The molecule has 2 aliphatic carbocycles. The summed E-state index contributed by atoms with van der Waals surface area (Å²) in [6.45, 7) is 9.09.